The van der Waals surface area contributed by atoms with Crippen LogP contribution in [0.25, 0.3) is 0 Å². The zero-order valence-corrected chi connectivity index (χ0v) is 9.41. The van der Waals surface area contributed by atoms with Crippen LogP contribution in [-0.4, -0.2) is 64.3 Å². The highest BCUT2D eigenvalue weighted by Gasteiger charge is 2.53. The predicted octanol–water partition coefficient (Wildman–Crippen LogP) is -1.40. The van der Waals surface area contributed by atoms with Gasteiger partial charge in [0.25, 0.3) is 0 Å². The lowest BCUT2D eigenvalue weighted by Gasteiger charge is -2.47. The molecule has 1 aliphatic rings. The van der Waals surface area contributed by atoms with E-state index in [1.54, 1.807) is 6.92 Å². The molecule has 1 aliphatic heterocycles. The fourth-order valence-electron chi connectivity index (χ4n) is 1.87. The monoisotopic (exact) mass is 237 g/mol. The molecule has 6 atom stereocenters. The van der Waals surface area contributed by atoms with Crippen molar-refractivity contribution in [2.75, 3.05) is 13.7 Å². The first-order chi connectivity index (χ1) is 7.94. The second-order valence-electron chi connectivity index (χ2n) is 3.80. The van der Waals surface area contributed by atoms with Gasteiger partial charge in [-0.05, 0) is 0 Å². The number of ether oxygens (including phenoxy) is 2. The lowest BCUT2D eigenvalue weighted by molar-refractivity contribution is -0.359. The van der Waals surface area contributed by atoms with Crippen molar-refractivity contribution in [1.29, 1.82) is 0 Å². The summed E-state index contributed by atoms with van der Waals surface area (Å²) in [5.74, 6) is -1.74. The third-order valence-corrected chi connectivity index (χ3v) is 2.79. The summed E-state index contributed by atoms with van der Waals surface area (Å²) in [5.41, 5.74) is 0. The number of rotatable bonds is 4. The Bertz CT molecular complexity index is 251. The Morgan fingerprint density at radius 3 is 2.44 bits per heavy atom. The van der Waals surface area contributed by atoms with Crippen LogP contribution in [0.1, 0.15) is 21.1 Å². The number of methoxy groups -OCH3 is 1. The van der Waals surface area contributed by atoms with Gasteiger partial charge in [-0.15, -0.1) is 0 Å². The second kappa shape index (κ2) is 5.39. The van der Waals surface area contributed by atoms with Gasteiger partial charge in [-0.25, -0.2) is 0 Å². The Kier molecular flexibility index (Phi) is 4.12. The summed E-state index contributed by atoms with van der Waals surface area (Å²) in [5, 5.41) is 38.2. The van der Waals surface area contributed by atoms with E-state index in [4.69, 9.17) is 16.0 Å². The van der Waals surface area contributed by atoms with Gasteiger partial charge in [-0.1, -0.05) is 13.3 Å². The first-order valence-corrected chi connectivity index (χ1v) is 5.24. The van der Waals surface area contributed by atoms with E-state index >= 15 is 0 Å². The number of hydrogen-bond acceptors (Lipinski definition) is 6. The Morgan fingerprint density at radius 2 is 2.00 bits per heavy atom. The molecule has 0 bridgehead atoms. The Labute approximate surface area is 95.8 Å². The highest BCUT2D eigenvalue weighted by molar-refractivity contribution is 4.96. The molecule has 6 heteroatoms. The summed E-state index contributed by atoms with van der Waals surface area (Å²) in [6.45, 7) is 1.17. The maximum absolute atomic E-state index is 9.91. The van der Waals surface area contributed by atoms with Crippen LogP contribution in [0, 0.1) is 0 Å². The van der Waals surface area contributed by atoms with E-state index in [1.165, 1.54) is 7.11 Å². The van der Waals surface area contributed by atoms with Crippen LogP contribution in [0.4, 0.5) is 0 Å². The van der Waals surface area contributed by atoms with Gasteiger partial charge >= 0.3 is 0 Å². The standard InChI is InChI=1S/C10H20O6/c1-3-4-10(15-2)9(14)8(13)7(12)6(5-11)16-10/h6-9,11-14H,3-5H2,1-2H3/t6-,7-,8+,9-,10?/m1/s1/i4D/t4?,6-,7-,8+,9-,10?. The van der Waals surface area contributed by atoms with Gasteiger partial charge in [0.15, 0.2) is 5.79 Å². The molecule has 0 spiro atoms. The molecule has 1 rings (SSSR count). The third-order valence-electron chi connectivity index (χ3n) is 2.79. The molecular weight excluding hydrogens is 216 g/mol. The maximum Gasteiger partial charge on any atom is 0.197 e. The van der Waals surface area contributed by atoms with E-state index in [0.717, 1.165) is 0 Å². The van der Waals surface area contributed by atoms with Crippen molar-refractivity contribution in [2.24, 2.45) is 0 Å². The topological polar surface area (TPSA) is 99.4 Å². The fraction of sp³-hybridized carbons (Fsp3) is 1.00. The van der Waals surface area contributed by atoms with Gasteiger partial charge < -0.3 is 29.9 Å². The van der Waals surface area contributed by atoms with Gasteiger partial charge in [0.05, 0.1) is 6.61 Å². The fourth-order valence-corrected chi connectivity index (χ4v) is 1.87. The van der Waals surface area contributed by atoms with Crippen LogP contribution < -0.4 is 0 Å². The first-order valence-electron chi connectivity index (χ1n) is 5.82. The average Bonchev–Trinajstić information content (AvgIpc) is 2.36. The minimum atomic E-state index is -1.74. The lowest BCUT2D eigenvalue weighted by Crippen LogP contribution is -2.65. The van der Waals surface area contributed by atoms with E-state index in [1.807, 2.05) is 0 Å². The van der Waals surface area contributed by atoms with E-state index in [-0.39, 0.29) is 0 Å². The quantitative estimate of drug-likeness (QED) is 0.480. The third kappa shape index (κ3) is 2.22. The lowest BCUT2D eigenvalue weighted by atomic mass is 9.90. The summed E-state index contributed by atoms with van der Waals surface area (Å²) in [4.78, 5) is 0. The van der Waals surface area contributed by atoms with Crippen LogP contribution >= 0.6 is 0 Å². The molecule has 0 aliphatic carbocycles. The number of hydrogen-bond donors (Lipinski definition) is 4. The summed E-state index contributed by atoms with van der Waals surface area (Å²) < 4.78 is 18.2. The molecule has 1 fully saturated rings. The minimum Gasteiger partial charge on any atom is -0.394 e. The summed E-state index contributed by atoms with van der Waals surface area (Å²) in [7, 11) is 1.25. The van der Waals surface area contributed by atoms with Gasteiger partial charge in [0.2, 0.25) is 0 Å². The molecule has 96 valence electrons. The zero-order valence-electron chi connectivity index (χ0n) is 10.4. The highest BCUT2D eigenvalue weighted by atomic mass is 16.7. The molecule has 1 heterocycles. The molecular formula is C10H20O6. The van der Waals surface area contributed by atoms with E-state index < -0.39 is 43.2 Å². The largest absolute Gasteiger partial charge is 0.394 e. The van der Waals surface area contributed by atoms with Crippen molar-refractivity contribution in [3.8, 4) is 0 Å². The highest BCUT2D eigenvalue weighted by Crippen LogP contribution is 2.34. The summed E-state index contributed by atoms with van der Waals surface area (Å²) in [6.07, 6.45) is -6.20. The molecule has 6 nitrogen and oxygen atoms in total. The first kappa shape index (κ1) is 12.2. The maximum atomic E-state index is 9.91. The molecule has 16 heavy (non-hydrogen) atoms. The van der Waals surface area contributed by atoms with Crippen molar-refractivity contribution in [2.45, 2.75) is 49.9 Å². The molecule has 0 aromatic carbocycles. The normalized spacial score (nSPS) is 47.5. The number of aliphatic hydroxyl groups excluding tert-OH is 4. The van der Waals surface area contributed by atoms with Crippen LogP contribution in [-0.2, 0) is 9.47 Å². The summed E-state index contributed by atoms with van der Waals surface area (Å²) >= 11 is 0. The Morgan fingerprint density at radius 1 is 1.38 bits per heavy atom. The minimum absolute atomic E-state index is 0.325. The molecule has 1 saturated heterocycles. The van der Waals surface area contributed by atoms with Crippen LogP contribution in [0.3, 0.4) is 0 Å². The SMILES string of the molecule is [2H]C(CC)C1(OC)O[C@H](CO)[C@@H](O)[C@H](O)[C@H]1O. The van der Waals surface area contributed by atoms with Crippen LogP contribution in [0.15, 0.2) is 0 Å². The molecule has 4 N–H and O–H groups in total. The van der Waals surface area contributed by atoms with Gasteiger partial charge in [-0.2, -0.15) is 0 Å². The van der Waals surface area contributed by atoms with E-state index in [9.17, 15) is 15.3 Å². The van der Waals surface area contributed by atoms with Crippen molar-refractivity contribution in [3.63, 3.8) is 0 Å². The van der Waals surface area contributed by atoms with Crippen molar-refractivity contribution >= 4 is 0 Å². The smallest absolute Gasteiger partial charge is 0.197 e. The Hall–Kier alpha value is -0.240. The molecule has 0 aromatic rings. The van der Waals surface area contributed by atoms with Gasteiger partial charge in [0.1, 0.15) is 24.4 Å². The van der Waals surface area contributed by atoms with Crippen LogP contribution in [0.5, 0.6) is 0 Å². The van der Waals surface area contributed by atoms with E-state index in [2.05, 4.69) is 0 Å². The second-order valence-corrected chi connectivity index (χ2v) is 3.80. The average molecular weight is 237 g/mol. The van der Waals surface area contributed by atoms with Crippen molar-refractivity contribution in [1.82, 2.24) is 0 Å². The molecule has 0 amide bonds. The van der Waals surface area contributed by atoms with Crippen molar-refractivity contribution < 1.29 is 31.3 Å². The molecule has 0 aromatic heterocycles. The summed E-state index contributed by atoms with van der Waals surface area (Å²) in [6, 6.07) is 0. The molecule has 0 saturated carbocycles. The molecule has 0 radical (unpaired) electrons. The zero-order chi connectivity index (χ0) is 13.2. The number of aliphatic hydroxyl groups is 4. The van der Waals surface area contributed by atoms with E-state index in [0.29, 0.717) is 6.42 Å². The molecule has 2 unspecified atom stereocenters. The van der Waals surface area contributed by atoms with Crippen molar-refractivity contribution in [3.05, 3.63) is 0 Å². The van der Waals surface area contributed by atoms with Crippen LogP contribution in [0.2, 0.25) is 0 Å². The Balaban J connectivity index is 3.03. The van der Waals surface area contributed by atoms with Gasteiger partial charge in [-0.3, -0.25) is 0 Å². The predicted molar refractivity (Wildman–Crippen MR) is 54.6 cm³/mol. The van der Waals surface area contributed by atoms with Gasteiger partial charge in [0, 0.05) is 14.9 Å².